The third-order valence-electron chi connectivity index (χ3n) is 4.70. The molecule has 3 aromatic rings. The van der Waals surface area contributed by atoms with Crippen LogP contribution < -0.4 is 10.1 Å². The Balaban J connectivity index is 1.54. The number of carboxylic acid groups (broad SMARTS) is 1. The molecule has 1 amide bonds. The SMILES string of the molecule is N#Cc1nc(C(=O)NCC(=O)O)c(O)c2cc(OC3=COC(Cc4ccccc4)O3)ccc12. The first-order valence-electron chi connectivity index (χ1n) is 9.75. The Morgan fingerprint density at radius 2 is 1.97 bits per heavy atom. The van der Waals surface area contributed by atoms with Gasteiger partial charge in [-0.05, 0) is 23.8 Å². The lowest BCUT2D eigenvalue weighted by Gasteiger charge is -2.13. The number of aromatic hydroxyl groups is 1. The number of nitrogens with one attached hydrogen (secondary N) is 1. The molecule has 1 aromatic heterocycles. The molecule has 1 unspecified atom stereocenters. The number of pyridine rings is 1. The van der Waals surface area contributed by atoms with Crippen molar-refractivity contribution in [3.8, 4) is 17.6 Å². The number of nitrogens with zero attached hydrogens (tertiary/aromatic N) is 2. The summed E-state index contributed by atoms with van der Waals surface area (Å²) < 4.78 is 16.8. The van der Waals surface area contributed by atoms with Gasteiger partial charge in [-0.15, -0.1) is 0 Å². The third-order valence-corrected chi connectivity index (χ3v) is 4.70. The maximum absolute atomic E-state index is 12.2. The number of carbonyl (C=O) groups excluding carboxylic acids is 1. The van der Waals surface area contributed by atoms with E-state index < -0.39 is 36.2 Å². The summed E-state index contributed by atoms with van der Waals surface area (Å²) in [5.74, 6) is -2.36. The molecule has 2 heterocycles. The van der Waals surface area contributed by atoms with E-state index in [9.17, 15) is 20.0 Å². The molecule has 0 bridgehead atoms. The first-order chi connectivity index (χ1) is 15.9. The first kappa shape index (κ1) is 21.5. The van der Waals surface area contributed by atoms with Crippen LogP contribution in [0.5, 0.6) is 11.5 Å². The Bertz CT molecular complexity index is 1300. The predicted octanol–water partition coefficient (Wildman–Crippen LogP) is 2.42. The van der Waals surface area contributed by atoms with E-state index in [-0.39, 0.29) is 28.2 Å². The summed E-state index contributed by atoms with van der Waals surface area (Å²) in [5, 5.41) is 31.2. The topological polar surface area (TPSA) is 151 Å². The zero-order valence-corrected chi connectivity index (χ0v) is 17.0. The van der Waals surface area contributed by atoms with Gasteiger partial charge in [0.1, 0.15) is 24.1 Å². The highest BCUT2D eigenvalue weighted by Crippen LogP contribution is 2.33. The van der Waals surface area contributed by atoms with Crippen molar-refractivity contribution in [3.05, 3.63) is 77.7 Å². The van der Waals surface area contributed by atoms with Gasteiger partial charge in [0, 0.05) is 17.2 Å². The number of aromatic nitrogens is 1. The minimum absolute atomic E-state index is 0.101. The second kappa shape index (κ2) is 9.15. The van der Waals surface area contributed by atoms with Crippen LogP contribution in [0.1, 0.15) is 21.7 Å². The average molecular weight is 447 g/mol. The second-order valence-electron chi connectivity index (χ2n) is 6.97. The molecule has 2 aromatic carbocycles. The minimum atomic E-state index is -1.27. The summed E-state index contributed by atoms with van der Waals surface area (Å²) in [4.78, 5) is 26.8. The molecule has 10 heteroatoms. The molecular weight excluding hydrogens is 430 g/mol. The van der Waals surface area contributed by atoms with Gasteiger partial charge in [-0.3, -0.25) is 9.59 Å². The monoisotopic (exact) mass is 447 g/mol. The normalized spacial score (nSPS) is 14.5. The zero-order valence-electron chi connectivity index (χ0n) is 17.0. The molecule has 0 aliphatic carbocycles. The van der Waals surface area contributed by atoms with Crippen LogP contribution in [-0.4, -0.2) is 39.9 Å². The maximum Gasteiger partial charge on any atom is 0.324 e. The smallest absolute Gasteiger partial charge is 0.324 e. The van der Waals surface area contributed by atoms with Crippen molar-refractivity contribution in [1.29, 1.82) is 5.26 Å². The largest absolute Gasteiger partial charge is 0.505 e. The number of carbonyl (C=O) groups is 2. The van der Waals surface area contributed by atoms with Crippen molar-refractivity contribution in [1.82, 2.24) is 10.3 Å². The van der Waals surface area contributed by atoms with Crippen LogP contribution in [0.25, 0.3) is 10.8 Å². The van der Waals surface area contributed by atoms with Crippen LogP contribution in [0.15, 0.2) is 60.7 Å². The van der Waals surface area contributed by atoms with Crippen LogP contribution in [0.4, 0.5) is 0 Å². The standard InChI is InChI=1S/C23H17N3O7/c24-10-17-15-7-6-14(9-16(15)22(29)21(26-17)23(30)25-11-18(27)28)32-20-12-31-19(33-20)8-13-4-2-1-3-5-13/h1-7,9,12,19,29H,8,11H2,(H,25,30)(H,27,28). The Morgan fingerprint density at radius 1 is 1.18 bits per heavy atom. The number of carboxylic acids is 1. The van der Waals surface area contributed by atoms with E-state index in [0.717, 1.165) is 5.56 Å². The molecule has 1 atom stereocenters. The minimum Gasteiger partial charge on any atom is -0.505 e. The number of fused-ring (bicyclic) bond motifs is 1. The van der Waals surface area contributed by atoms with Crippen LogP contribution in [0.2, 0.25) is 0 Å². The highest BCUT2D eigenvalue weighted by molar-refractivity contribution is 6.04. The number of rotatable bonds is 7. The van der Waals surface area contributed by atoms with Gasteiger partial charge >= 0.3 is 11.9 Å². The quantitative estimate of drug-likeness (QED) is 0.496. The molecule has 0 spiro atoms. The second-order valence-corrected chi connectivity index (χ2v) is 6.97. The summed E-state index contributed by atoms with van der Waals surface area (Å²) >= 11 is 0. The van der Waals surface area contributed by atoms with Crippen molar-refractivity contribution in [2.45, 2.75) is 12.7 Å². The Hall–Kier alpha value is -4.78. The van der Waals surface area contributed by atoms with Gasteiger partial charge in [0.25, 0.3) is 5.91 Å². The molecule has 3 N–H and O–H groups in total. The number of hydrogen-bond donors (Lipinski definition) is 3. The van der Waals surface area contributed by atoms with E-state index in [1.165, 1.54) is 18.4 Å². The predicted molar refractivity (Wildman–Crippen MR) is 113 cm³/mol. The van der Waals surface area contributed by atoms with Crippen molar-refractivity contribution in [2.24, 2.45) is 0 Å². The van der Waals surface area contributed by atoms with Gasteiger partial charge in [0.15, 0.2) is 17.7 Å². The first-order valence-corrected chi connectivity index (χ1v) is 9.75. The lowest BCUT2D eigenvalue weighted by molar-refractivity contribution is -0.135. The van der Waals surface area contributed by atoms with Gasteiger partial charge in [-0.2, -0.15) is 5.26 Å². The van der Waals surface area contributed by atoms with Crippen molar-refractivity contribution < 1.29 is 34.0 Å². The lowest BCUT2D eigenvalue weighted by atomic mass is 10.1. The number of aliphatic carboxylic acids is 1. The van der Waals surface area contributed by atoms with Crippen molar-refractivity contribution in [2.75, 3.05) is 6.54 Å². The van der Waals surface area contributed by atoms with Crippen LogP contribution in [0.3, 0.4) is 0 Å². The Morgan fingerprint density at radius 3 is 2.70 bits per heavy atom. The zero-order chi connectivity index (χ0) is 23.4. The van der Waals surface area contributed by atoms with E-state index in [0.29, 0.717) is 6.42 Å². The molecule has 0 fully saturated rings. The van der Waals surface area contributed by atoms with Gasteiger partial charge < -0.3 is 29.7 Å². The highest BCUT2D eigenvalue weighted by Gasteiger charge is 2.23. The molecule has 1 aliphatic rings. The van der Waals surface area contributed by atoms with Crippen LogP contribution >= 0.6 is 0 Å². The van der Waals surface area contributed by atoms with E-state index in [2.05, 4.69) is 10.3 Å². The van der Waals surface area contributed by atoms with Crippen LogP contribution in [-0.2, 0) is 20.7 Å². The van der Waals surface area contributed by atoms with E-state index in [1.807, 2.05) is 36.4 Å². The molecule has 1 aliphatic heterocycles. The summed E-state index contributed by atoms with van der Waals surface area (Å²) in [6, 6.07) is 16.0. The summed E-state index contributed by atoms with van der Waals surface area (Å²) in [5.41, 5.74) is 0.440. The fourth-order valence-corrected chi connectivity index (χ4v) is 3.20. The van der Waals surface area contributed by atoms with E-state index in [1.54, 1.807) is 6.07 Å². The third kappa shape index (κ3) is 4.77. The number of nitriles is 1. The fraction of sp³-hybridized carbons (Fsp3) is 0.130. The van der Waals surface area contributed by atoms with Crippen molar-refractivity contribution >= 4 is 22.6 Å². The number of hydrogen-bond acceptors (Lipinski definition) is 8. The molecular formula is C23H17N3O7. The lowest BCUT2D eigenvalue weighted by Crippen LogP contribution is -2.30. The van der Waals surface area contributed by atoms with Crippen molar-refractivity contribution in [3.63, 3.8) is 0 Å². The number of amides is 1. The highest BCUT2D eigenvalue weighted by atomic mass is 16.8. The van der Waals surface area contributed by atoms with Crippen LogP contribution in [0, 0.1) is 11.3 Å². The summed E-state index contributed by atoms with van der Waals surface area (Å²) in [7, 11) is 0. The number of ether oxygens (including phenoxy) is 3. The Kier molecular flexibility index (Phi) is 5.95. The van der Waals surface area contributed by atoms with E-state index in [4.69, 9.17) is 19.3 Å². The average Bonchev–Trinajstić information content (AvgIpc) is 3.25. The van der Waals surface area contributed by atoms with Gasteiger partial charge in [-0.25, -0.2) is 4.98 Å². The van der Waals surface area contributed by atoms with Gasteiger partial charge in [0.05, 0.1) is 0 Å². The summed E-state index contributed by atoms with van der Waals surface area (Å²) in [6.45, 7) is -0.668. The molecule has 0 saturated carbocycles. The molecule has 4 rings (SSSR count). The molecule has 10 nitrogen and oxygen atoms in total. The molecule has 166 valence electrons. The number of benzene rings is 2. The van der Waals surface area contributed by atoms with E-state index >= 15 is 0 Å². The fourth-order valence-electron chi connectivity index (χ4n) is 3.20. The molecule has 0 saturated heterocycles. The van der Waals surface area contributed by atoms with Gasteiger partial charge in [0.2, 0.25) is 6.29 Å². The molecule has 0 radical (unpaired) electrons. The Labute approximate surface area is 187 Å². The molecule has 33 heavy (non-hydrogen) atoms. The maximum atomic E-state index is 12.2. The summed E-state index contributed by atoms with van der Waals surface area (Å²) in [6.07, 6.45) is 1.28. The van der Waals surface area contributed by atoms with Gasteiger partial charge in [-0.1, -0.05) is 30.3 Å².